The summed E-state index contributed by atoms with van der Waals surface area (Å²) in [4.78, 5) is 28.3. The predicted molar refractivity (Wildman–Crippen MR) is 99.5 cm³/mol. The molecule has 2 amide bonds. The summed E-state index contributed by atoms with van der Waals surface area (Å²) < 4.78 is 0. The Bertz CT molecular complexity index is 813. The Morgan fingerprint density at radius 2 is 1.76 bits per heavy atom. The maximum atomic E-state index is 12.8. The molecule has 1 aliphatic rings. The number of benzene rings is 2. The van der Waals surface area contributed by atoms with E-state index in [1.165, 1.54) is 23.6 Å². The average Bonchev–Trinajstić information content (AvgIpc) is 2.61. The summed E-state index contributed by atoms with van der Waals surface area (Å²) in [6, 6.07) is 14.1. The molecule has 3 rings (SSSR count). The molecule has 0 spiro atoms. The molecule has 0 bridgehead atoms. The van der Waals surface area contributed by atoms with Crippen molar-refractivity contribution in [2.24, 2.45) is 0 Å². The topological polar surface area (TPSA) is 40.6 Å². The molecule has 130 valence electrons. The van der Waals surface area contributed by atoms with Gasteiger partial charge in [-0.3, -0.25) is 9.59 Å². The van der Waals surface area contributed by atoms with Crippen molar-refractivity contribution in [2.75, 3.05) is 18.0 Å². The fourth-order valence-electron chi connectivity index (χ4n) is 3.22. The lowest BCUT2D eigenvalue weighted by Gasteiger charge is -2.31. The van der Waals surface area contributed by atoms with Gasteiger partial charge in [0.1, 0.15) is 6.54 Å². The van der Waals surface area contributed by atoms with Crippen molar-refractivity contribution in [3.8, 4) is 0 Å². The van der Waals surface area contributed by atoms with E-state index in [1.807, 2.05) is 49.1 Å². The van der Waals surface area contributed by atoms with Crippen LogP contribution in [-0.2, 0) is 22.6 Å². The van der Waals surface area contributed by atoms with Crippen molar-refractivity contribution < 1.29 is 9.59 Å². The van der Waals surface area contributed by atoms with Gasteiger partial charge in [0, 0.05) is 25.7 Å². The number of carbonyl (C=O) groups is 2. The van der Waals surface area contributed by atoms with Crippen molar-refractivity contribution in [3.63, 3.8) is 0 Å². The van der Waals surface area contributed by atoms with Crippen molar-refractivity contribution >= 4 is 17.5 Å². The first kappa shape index (κ1) is 17.2. The second-order valence-electron chi connectivity index (χ2n) is 6.71. The molecule has 0 saturated carbocycles. The van der Waals surface area contributed by atoms with Crippen LogP contribution in [0, 0.1) is 13.8 Å². The van der Waals surface area contributed by atoms with Crippen LogP contribution in [0.2, 0.25) is 0 Å². The van der Waals surface area contributed by atoms with Crippen LogP contribution < -0.4 is 4.90 Å². The summed E-state index contributed by atoms with van der Waals surface area (Å²) in [5.74, 6) is -0.128. The average molecular weight is 336 g/mol. The van der Waals surface area contributed by atoms with E-state index in [4.69, 9.17) is 0 Å². The number of aryl methyl sites for hydroxylation is 2. The summed E-state index contributed by atoms with van der Waals surface area (Å²) in [7, 11) is 0. The fraction of sp³-hybridized carbons (Fsp3) is 0.333. The third-order valence-electron chi connectivity index (χ3n) is 4.96. The molecule has 25 heavy (non-hydrogen) atoms. The van der Waals surface area contributed by atoms with E-state index in [0.29, 0.717) is 13.1 Å². The van der Waals surface area contributed by atoms with E-state index in [9.17, 15) is 9.59 Å². The highest BCUT2D eigenvalue weighted by atomic mass is 16.2. The molecular formula is C21H24N2O2. The normalized spacial score (nSPS) is 13.3. The lowest BCUT2D eigenvalue weighted by molar-refractivity contribution is -0.132. The van der Waals surface area contributed by atoms with Crippen LogP contribution in [0.1, 0.15) is 29.2 Å². The Hall–Kier alpha value is -2.62. The van der Waals surface area contributed by atoms with Crippen LogP contribution in [-0.4, -0.2) is 29.8 Å². The first-order valence-corrected chi connectivity index (χ1v) is 8.65. The minimum atomic E-state index is -0.117. The first-order valence-electron chi connectivity index (χ1n) is 8.65. The van der Waals surface area contributed by atoms with Gasteiger partial charge in [-0.1, -0.05) is 30.3 Å². The summed E-state index contributed by atoms with van der Waals surface area (Å²) >= 11 is 0. The Labute approximate surface area is 149 Å². The van der Waals surface area contributed by atoms with E-state index < -0.39 is 0 Å². The highest BCUT2D eigenvalue weighted by molar-refractivity contribution is 5.97. The molecule has 0 saturated heterocycles. The molecular weight excluding hydrogens is 312 g/mol. The minimum absolute atomic E-state index is 0.0112. The van der Waals surface area contributed by atoms with Crippen molar-refractivity contribution in [2.45, 2.75) is 33.7 Å². The number of amides is 2. The summed E-state index contributed by atoms with van der Waals surface area (Å²) in [5.41, 5.74) is 5.57. The van der Waals surface area contributed by atoms with Gasteiger partial charge in [0.05, 0.1) is 0 Å². The number of hydrogen-bond acceptors (Lipinski definition) is 2. The first-order chi connectivity index (χ1) is 12.0. The molecule has 2 aromatic carbocycles. The number of fused-ring (bicyclic) bond motifs is 1. The molecule has 4 heteroatoms. The van der Waals surface area contributed by atoms with E-state index in [0.717, 1.165) is 17.7 Å². The molecule has 0 aliphatic carbocycles. The maximum absolute atomic E-state index is 12.8. The van der Waals surface area contributed by atoms with Gasteiger partial charge in [-0.25, -0.2) is 0 Å². The molecule has 0 unspecified atom stereocenters. The minimum Gasteiger partial charge on any atom is -0.336 e. The Kier molecular flexibility index (Phi) is 4.88. The third kappa shape index (κ3) is 3.73. The van der Waals surface area contributed by atoms with Gasteiger partial charge in [0.25, 0.3) is 0 Å². The molecule has 0 radical (unpaired) electrons. The smallest absolute Gasteiger partial charge is 0.242 e. The van der Waals surface area contributed by atoms with E-state index >= 15 is 0 Å². The zero-order chi connectivity index (χ0) is 18.0. The predicted octanol–water partition coefficient (Wildman–Crippen LogP) is 3.24. The second-order valence-corrected chi connectivity index (χ2v) is 6.71. The molecule has 0 fully saturated rings. The molecule has 0 atom stereocenters. The quantitative estimate of drug-likeness (QED) is 0.863. The Morgan fingerprint density at radius 1 is 1.04 bits per heavy atom. The summed E-state index contributed by atoms with van der Waals surface area (Å²) in [6.45, 7) is 6.96. The molecule has 1 aliphatic heterocycles. The van der Waals surface area contributed by atoms with Gasteiger partial charge < -0.3 is 9.80 Å². The third-order valence-corrected chi connectivity index (χ3v) is 4.96. The van der Waals surface area contributed by atoms with Gasteiger partial charge in [0.15, 0.2) is 0 Å². The van der Waals surface area contributed by atoms with Crippen LogP contribution in [0.4, 0.5) is 5.69 Å². The maximum Gasteiger partial charge on any atom is 0.242 e. The largest absolute Gasteiger partial charge is 0.336 e. The van der Waals surface area contributed by atoms with E-state index in [1.54, 1.807) is 4.90 Å². The summed E-state index contributed by atoms with van der Waals surface area (Å²) in [5, 5.41) is 0. The molecule has 4 nitrogen and oxygen atoms in total. The van der Waals surface area contributed by atoms with Crippen molar-refractivity contribution in [1.82, 2.24) is 4.90 Å². The highest BCUT2D eigenvalue weighted by Gasteiger charge is 2.24. The number of nitrogens with zero attached hydrogens (tertiary/aromatic N) is 2. The number of rotatable bonds is 3. The molecule has 1 heterocycles. The van der Waals surface area contributed by atoms with Gasteiger partial charge >= 0.3 is 0 Å². The monoisotopic (exact) mass is 336 g/mol. The molecule has 2 aromatic rings. The van der Waals surface area contributed by atoms with Crippen LogP contribution in [0.5, 0.6) is 0 Å². The van der Waals surface area contributed by atoms with E-state index in [2.05, 4.69) is 12.1 Å². The van der Waals surface area contributed by atoms with Crippen molar-refractivity contribution in [1.29, 1.82) is 0 Å². The number of carbonyl (C=O) groups excluding carboxylic acids is 2. The van der Waals surface area contributed by atoms with Crippen molar-refractivity contribution in [3.05, 3.63) is 64.7 Å². The summed E-state index contributed by atoms with van der Waals surface area (Å²) in [6.07, 6.45) is 0.867. The van der Waals surface area contributed by atoms with Crippen LogP contribution in [0.15, 0.2) is 42.5 Å². The van der Waals surface area contributed by atoms with Crippen LogP contribution in [0.25, 0.3) is 0 Å². The SMILES string of the molecule is CC(=O)N(CC(=O)N1CCc2ccccc2C1)c1ccc(C)c(C)c1. The van der Waals surface area contributed by atoms with Gasteiger partial charge in [-0.05, 0) is 54.7 Å². The highest BCUT2D eigenvalue weighted by Crippen LogP contribution is 2.21. The van der Waals surface area contributed by atoms with Crippen LogP contribution >= 0.6 is 0 Å². The zero-order valence-corrected chi connectivity index (χ0v) is 15.1. The van der Waals surface area contributed by atoms with Crippen LogP contribution in [0.3, 0.4) is 0 Å². The van der Waals surface area contributed by atoms with Gasteiger partial charge in [-0.2, -0.15) is 0 Å². The molecule has 0 N–H and O–H groups in total. The fourth-order valence-corrected chi connectivity index (χ4v) is 3.22. The second kappa shape index (κ2) is 7.09. The Morgan fingerprint density at radius 3 is 2.44 bits per heavy atom. The zero-order valence-electron chi connectivity index (χ0n) is 15.1. The van der Waals surface area contributed by atoms with E-state index in [-0.39, 0.29) is 18.4 Å². The number of anilines is 1. The molecule has 0 aromatic heterocycles. The van der Waals surface area contributed by atoms with Gasteiger partial charge in [0.2, 0.25) is 11.8 Å². The number of hydrogen-bond donors (Lipinski definition) is 0. The Balaban J connectivity index is 1.75. The lowest BCUT2D eigenvalue weighted by atomic mass is 10.00. The standard InChI is InChI=1S/C21H24N2O2/c1-15-8-9-20(12-16(15)2)23(17(3)24)14-21(25)22-11-10-18-6-4-5-7-19(18)13-22/h4-9,12H,10-11,13-14H2,1-3H3. The lowest BCUT2D eigenvalue weighted by Crippen LogP contribution is -2.44. The van der Waals surface area contributed by atoms with Gasteiger partial charge in [-0.15, -0.1) is 0 Å².